The van der Waals surface area contributed by atoms with E-state index >= 15 is 0 Å². The van der Waals surface area contributed by atoms with E-state index < -0.39 is 8.80 Å². The van der Waals surface area contributed by atoms with Gasteiger partial charge in [-0.05, 0) is 30.3 Å². The van der Waals surface area contributed by atoms with Gasteiger partial charge in [0, 0.05) is 5.56 Å². The van der Waals surface area contributed by atoms with E-state index in [1.165, 1.54) is 21.5 Å². The Hall–Kier alpha value is -2.58. The number of benzene rings is 3. The number of rotatable bonds is 5. The van der Waals surface area contributed by atoms with Gasteiger partial charge < -0.3 is 4.74 Å². The van der Waals surface area contributed by atoms with Crippen molar-refractivity contribution in [1.29, 1.82) is 0 Å². The molecule has 1 nitrogen and oxygen atoms in total. The highest BCUT2D eigenvalue weighted by atomic mass is 28.3. The normalized spacial score (nSPS) is 10.7. The van der Waals surface area contributed by atoms with Crippen LogP contribution in [0.1, 0.15) is 16.7 Å². The van der Waals surface area contributed by atoms with E-state index in [1.807, 2.05) is 12.1 Å². The molecule has 0 fully saturated rings. The number of para-hydroxylation sites is 1. The Labute approximate surface area is 152 Å². The Morgan fingerprint density at radius 3 is 2.04 bits per heavy atom. The van der Waals surface area contributed by atoms with Gasteiger partial charge >= 0.3 is 0 Å². The topological polar surface area (TPSA) is 9.23 Å². The van der Waals surface area contributed by atoms with Gasteiger partial charge in [0.15, 0.2) is 8.80 Å². The SMILES string of the molecule is C=C(c1ccccc1OC)[Si](c1ccccc1)c1c(C)cccc1C. The first-order valence-corrected chi connectivity index (χ1v) is 9.95. The molecule has 25 heavy (non-hydrogen) atoms. The summed E-state index contributed by atoms with van der Waals surface area (Å²) in [5.74, 6) is 0.886. The van der Waals surface area contributed by atoms with Crippen molar-refractivity contribution in [3.63, 3.8) is 0 Å². The molecule has 0 saturated carbocycles. The van der Waals surface area contributed by atoms with Crippen molar-refractivity contribution in [1.82, 2.24) is 0 Å². The highest BCUT2D eigenvalue weighted by Crippen LogP contribution is 2.27. The fraction of sp³-hybridized carbons (Fsp3) is 0.130. The Kier molecular flexibility index (Phi) is 5.20. The largest absolute Gasteiger partial charge is 0.496 e. The summed E-state index contributed by atoms with van der Waals surface area (Å²) < 4.78 is 5.60. The van der Waals surface area contributed by atoms with E-state index in [-0.39, 0.29) is 0 Å². The number of hydrogen-bond acceptors (Lipinski definition) is 1. The molecule has 1 radical (unpaired) electrons. The Morgan fingerprint density at radius 1 is 0.800 bits per heavy atom. The van der Waals surface area contributed by atoms with Crippen LogP contribution >= 0.6 is 0 Å². The van der Waals surface area contributed by atoms with Crippen LogP contribution in [-0.2, 0) is 0 Å². The summed E-state index contributed by atoms with van der Waals surface area (Å²) in [7, 11) is 0.526. The van der Waals surface area contributed by atoms with Crippen LogP contribution in [0.2, 0.25) is 0 Å². The summed E-state index contributed by atoms with van der Waals surface area (Å²) in [6.07, 6.45) is 0. The van der Waals surface area contributed by atoms with Gasteiger partial charge in [0.1, 0.15) is 5.75 Å². The minimum Gasteiger partial charge on any atom is -0.496 e. The molecule has 0 spiro atoms. The van der Waals surface area contributed by atoms with Crippen LogP contribution in [0.4, 0.5) is 0 Å². The van der Waals surface area contributed by atoms with Crippen LogP contribution in [0.5, 0.6) is 5.75 Å². The molecular formula is C23H23OSi. The first-order chi connectivity index (χ1) is 12.1. The molecule has 0 aliphatic rings. The fourth-order valence-corrected chi connectivity index (χ4v) is 6.21. The van der Waals surface area contributed by atoms with Gasteiger partial charge in [-0.15, -0.1) is 0 Å². The zero-order chi connectivity index (χ0) is 17.8. The summed E-state index contributed by atoms with van der Waals surface area (Å²) in [6, 6.07) is 25.5. The predicted octanol–water partition coefficient (Wildman–Crippen LogP) is 4.17. The molecule has 2 heteroatoms. The summed E-state index contributed by atoms with van der Waals surface area (Å²) >= 11 is 0. The van der Waals surface area contributed by atoms with E-state index in [9.17, 15) is 0 Å². The minimum absolute atomic E-state index is 0.886. The predicted molar refractivity (Wildman–Crippen MR) is 109 cm³/mol. The maximum absolute atomic E-state index is 5.60. The molecule has 0 amide bonds. The smallest absolute Gasteiger partial charge is 0.155 e. The van der Waals surface area contributed by atoms with E-state index in [4.69, 9.17) is 4.74 Å². The van der Waals surface area contributed by atoms with Crippen LogP contribution in [-0.4, -0.2) is 15.9 Å². The van der Waals surface area contributed by atoms with Crippen molar-refractivity contribution in [3.05, 3.63) is 96.1 Å². The second-order valence-electron chi connectivity index (χ2n) is 6.19. The maximum atomic E-state index is 5.60. The van der Waals surface area contributed by atoms with Crippen molar-refractivity contribution >= 4 is 24.4 Å². The average molecular weight is 344 g/mol. The van der Waals surface area contributed by atoms with Crippen LogP contribution in [0.25, 0.3) is 5.20 Å². The third kappa shape index (κ3) is 3.44. The zero-order valence-corrected chi connectivity index (χ0v) is 16.0. The third-order valence-electron chi connectivity index (χ3n) is 4.53. The molecule has 3 rings (SSSR count). The average Bonchev–Trinajstić information content (AvgIpc) is 2.65. The van der Waals surface area contributed by atoms with E-state index in [2.05, 4.69) is 81.1 Å². The lowest BCUT2D eigenvalue weighted by molar-refractivity contribution is 0.413. The Balaban J connectivity index is 2.21. The van der Waals surface area contributed by atoms with Crippen LogP contribution in [0, 0.1) is 13.8 Å². The molecule has 0 aliphatic carbocycles. The minimum atomic E-state index is -1.20. The molecule has 3 aromatic carbocycles. The highest BCUT2D eigenvalue weighted by Gasteiger charge is 2.26. The van der Waals surface area contributed by atoms with E-state index in [0.29, 0.717) is 0 Å². The van der Waals surface area contributed by atoms with Gasteiger partial charge in [-0.2, -0.15) is 0 Å². The van der Waals surface area contributed by atoms with Gasteiger partial charge in [-0.1, -0.05) is 89.6 Å². The monoisotopic (exact) mass is 343 g/mol. The number of methoxy groups -OCH3 is 1. The second-order valence-corrected chi connectivity index (χ2v) is 8.62. The molecule has 0 N–H and O–H groups in total. The van der Waals surface area contributed by atoms with Gasteiger partial charge in [0.25, 0.3) is 0 Å². The summed E-state index contributed by atoms with van der Waals surface area (Å²) in [5, 5.41) is 3.93. The molecule has 3 aromatic rings. The third-order valence-corrected chi connectivity index (χ3v) is 7.60. The summed E-state index contributed by atoms with van der Waals surface area (Å²) in [5.41, 5.74) is 3.76. The number of aryl methyl sites for hydroxylation is 2. The lowest BCUT2D eigenvalue weighted by Crippen LogP contribution is -2.46. The molecule has 0 atom stereocenters. The van der Waals surface area contributed by atoms with Crippen molar-refractivity contribution in [2.24, 2.45) is 0 Å². The molecule has 0 aromatic heterocycles. The fourth-order valence-electron chi connectivity index (χ4n) is 3.31. The van der Waals surface area contributed by atoms with Crippen molar-refractivity contribution < 1.29 is 4.74 Å². The first-order valence-electron chi connectivity index (χ1n) is 8.45. The standard InChI is InChI=1S/C23H23OSi/c1-17-11-10-12-18(2)23(17)25(20-13-6-5-7-14-20)19(3)21-15-8-9-16-22(21)24-4/h5-16H,3H2,1-2,4H3. The Morgan fingerprint density at radius 2 is 1.40 bits per heavy atom. The van der Waals surface area contributed by atoms with Crippen LogP contribution in [0.3, 0.4) is 0 Å². The van der Waals surface area contributed by atoms with Crippen molar-refractivity contribution in [2.75, 3.05) is 7.11 Å². The van der Waals surface area contributed by atoms with Gasteiger partial charge in [0.05, 0.1) is 7.11 Å². The lowest BCUT2D eigenvalue weighted by atomic mass is 10.1. The zero-order valence-electron chi connectivity index (χ0n) is 15.0. The van der Waals surface area contributed by atoms with Crippen molar-refractivity contribution in [3.8, 4) is 5.75 Å². The highest BCUT2D eigenvalue weighted by molar-refractivity contribution is 7.00. The van der Waals surface area contributed by atoms with Crippen molar-refractivity contribution in [2.45, 2.75) is 13.8 Å². The molecule has 0 bridgehead atoms. The molecule has 0 saturated heterocycles. The van der Waals surface area contributed by atoms with Crippen LogP contribution in [0.15, 0.2) is 79.4 Å². The van der Waals surface area contributed by atoms with Crippen LogP contribution < -0.4 is 15.1 Å². The molecule has 0 unspecified atom stereocenters. The van der Waals surface area contributed by atoms with Gasteiger partial charge in [-0.3, -0.25) is 0 Å². The molecule has 125 valence electrons. The van der Waals surface area contributed by atoms with E-state index in [1.54, 1.807) is 7.11 Å². The molecule has 0 heterocycles. The van der Waals surface area contributed by atoms with Gasteiger partial charge in [0.2, 0.25) is 0 Å². The van der Waals surface area contributed by atoms with Gasteiger partial charge in [-0.25, -0.2) is 0 Å². The Bertz CT molecular complexity index is 863. The summed E-state index contributed by atoms with van der Waals surface area (Å²) in [4.78, 5) is 0. The number of hydrogen-bond donors (Lipinski definition) is 0. The number of ether oxygens (including phenoxy) is 1. The first kappa shape index (κ1) is 17.2. The molecular weight excluding hydrogens is 320 g/mol. The maximum Gasteiger partial charge on any atom is 0.155 e. The summed E-state index contributed by atoms with van der Waals surface area (Å²) in [6.45, 7) is 8.93. The molecule has 0 aliphatic heterocycles. The van der Waals surface area contributed by atoms with E-state index in [0.717, 1.165) is 16.5 Å². The quantitative estimate of drug-likeness (QED) is 0.632. The second kappa shape index (κ2) is 7.54. The lowest BCUT2D eigenvalue weighted by Gasteiger charge is -2.24.